The van der Waals surface area contributed by atoms with Gasteiger partial charge in [0, 0.05) is 13.1 Å². The second-order valence-electron chi connectivity index (χ2n) is 3.75. The summed E-state index contributed by atoms with van der Waals surface area (Å²) in [7, 11) is 0. The third kappa shape index (κ3) is 2.45. The maximum absolute atomic E-state index is 11.5. The van der Waals surface area contributed by atoms with E-state index in [2.05, 4.69) is 0 Å². The molecule has 0 aromatic heterocycles. The van der Waals surface area contributed by atoms with Crippen LogP contribution in [0.25, 0.3) is 0 Å². The summed E-state index contributed by atoms with van der Waals surface area (Å²) in [5.74, 6) is -1.41. The van der Waals surface area contributed by atoms with Crippen molar-refractivity contribution in [3.05, 3.63) is 0 Å². The monoisotopic (exact) mass is 200 g/mol. The third-order valence-electron chi connectivity index (χ3n) is 2.47. The van der Waals surface area contributed by atoms with Crippen molar-refractivity contribution in [3.63, 3.8) is 0 Å². The molecule has 1 rings (SSSR count). The number of carboxylic acids is 1. The summed E-state index contributed by atoms with van der Waals surface area (Å²) in [6.45, 7) is 2.55. The molecule has 80 valence electrons. The van der Waals surface area contributed by atoms with E-state index in [1.54, 1.807) is 11.8 Å². The fourth-order valence-corrected chi connectivity index (χ4v) is 1.67. The zero-order valence-electron chi connectivity index (χ0n) is 8.27. The first-order valence-corrected chi connectivity index (χ1v) is 4.79. The molecule has 1 heterocycles. The average Bonchev–Trinajstić information content (AvgIpc) is 2.16. The Labute approximate surface area is 82.9 Å². The van der Waals surface area contributed by atoms with Crippen molar-refractivity contribution in [2.45, 2.75) is 25.8 Å². The van der Waals surface area contributed by atoms with Crippen LogP contribution in [-0.2, 0) is 9.59 Å². The number of hydrogen-bond donors (Lipinski definition) is 2. The van der Waals surface area contributed by atoms with Crippen LogP contribution >= 0.6 is 0 Å². The van der Waals surface area contributed by atoms with Crippen LogP contribution < -0.4 is 5.73 Å². The first-order valence-electron chi connectivity index (χ1n) is 4.79. The van der Waals surface area contributed by atoms with Crippen molar-refractivity contribution in [3.8, 4) is 0 Å². The third-order valence-corrected chi connectivity index (χ3v) is 2.47. The molecule has 1 fully saturated rings. The molecular formula is C9H16N2O3. The Morgan fingerprint density at radius 1 is 1.57 bits per heavy atom. The summed E-state index contributed by atoms with van der Waals surface area (Å²) in [6.07, 6.45) is 1.40. The number of aliphatic carboxylic acids is 1. The maximum Gasteiger partial charge on any atom is 0.308 e. The first-order chi connectivity index (χ1) is 6.52. The van der Waals surface area contributed by atoms with Gasteiger partial charge in [-0.3, -0.25) is 9.59 Å². The highest BCUT2D eigenvalue weighted by Crippen LogP contribution is 2.16. The summed E-state index contributed by atoms with van der Waals surface area (Å²) >= 11 is 0. The average molecular weight is 200 g/mol. The molecule has 14 heavy (non-hydrogen) atoms. The van der Waals surface area contributed by atoms with Gasteiger partial charge in [-0.1, -0.05) is 0 Å². The minimum Gasteiger partial charge on any atom is -0.481 e. The van der Waals surface area contributed by atoms with Crippen molar-refractivity contribution < 1.29 is 14.7 Å². The molecular weight excluding hydrogens is 184 g/mol. The number of hydrogen-bond acceptors (Lipinski definition) is 3. The highest BCUT2D eigenvalue weighted by molar-refractivity contribution is 5.82. The van der Waals surface area contributed by atoms with E-state index in [9.17, 15) is 9.59 Å². The van der Waals surface area contributed by atoms with Crippen LogP contribution in [0.4, 0.5) is 0 Å². The number of amides is 1. The highest BCUT2D eigenvalue weighted by atomic mass is 16.4. The quantitative estimate of drug-likeness (QED) is 0.638. The minimum atomic E-state index is -0.827. The second-order valence-corrected chi connectivity index (χ2v) is 3.75. The molecule has 2 atom stereocenters. The van der Waals surface area contributed by atoms with E-state index in [1.165, 1.54) is 0 Å². The Morgan fingerprint density at radius 3 is 2.71 bits per heavy atom. The SMILES string of the molecule is CC(N)C(=O)N1CCC[C@@H](C(=O)O)C1. The van der Waals surface area contributed by atoms with Gasteiger partial charge in [0.05, 0.1) is 12.0 Å². The number of rotatable bonds is 2. The van der Waals surface area contributed by atoms with Crippen molar-refractivity contribution in [1.29, 1.82) is 0 Å². The highest BCUT2D eigenvalue weighted by Gasteiger charge is 2.28. The number of carboxylic acid groups (broad SMARTS) is 1. The van der Waals surface area contributed by atoms with Gasteiger partial charge >= 0.3 is 5.97 Å². The molecule has 5 nitrogen and oxygen atoms in total. The van der Waals surface area contributed by atoms with Crippen LogP contribution in [0, 0.1) is 5.92 Å². The Morgan fingerprint density at radius 2 is 2.21 bits per heavy atom. The normalized spacial score (nSPS) is 24.4. The molecule has 0 aliphatic carbocycles. The van der Waals surface area contributed by atoms with Crippen LogP contribution in [0.15, 0.2) is 0 Å². The molecule has 0 aromatic rings. The Bertz CT molecular complexity index is 240. The van der Waals surface area contributed by atoms with Gasteiger partial charge in [0.15, 0.2) is 0 Å². The molecule has 1 aliphatic rings. The predicted octanol–water partition coefficient (Wildman–Crippen LogP) is -0.343. The summed E-state index contributed by atoms with van der Waals surface area (Å²) in [5, 5.41) is 8.81. The van der Waals surface area contributed by atoms with E-state index < -0.39 is 17.9 Å². The van der Waals surface area contributed by atoms with E-state index in [4.69, 9.17) is 10.8 Å². The smallest absolute Gasteiger partial charge is 0.308 e. The Balaban J connectivity index is 2.56. The lowest BCUT2D eigenvalue weighted by Crippen LogP contribution is -2.48. The summed E-state index contributed by atoms with van der Waals surface area (Å²) < 4.78 is 0. The van der Waals surface area contributed by atoms with Crippen LogP contribution in [-0.4, -0.2) is 41.0 Å². The van der Waals surface area contributed by atoms with Gasteiger partial charge in [0.2, 0.25) is 5.91 Å². The molecule has 1 aliphatic heterocycles. The molecule has 0 spiro atoms. The van der Waals surface area contributed by atoms with E-state index in [1.807, 2.05) is 0 Å². The molecule has 0 bridgehead atoms. The second kappa shape index (κ2) is 4.41. The van der Waals surface area contributed by atoms with Crippen LogP contribution in [0.1, 0.15) is 19.8 Å². The van der Waals surface area contributed by atoms with Crippen LogP contribution in [0.2, 0.25) is 0 Å². The van der Waals surface area contributed by atoms with Gasteiger partial charge in [-0.2, -0.15) is 0 Å². The lowest BCUT2D eigenvalue weighted by molar-refractivity contribution is -0.145. The van der Waals surface area contributed by atoms with Gasteiger partial charge in [0.25, 0.3) is 0 Å². The van der Waals surface area contributed by atoms with Crippen molar-refractivity contribution in [2.24, 2.45) is 11.7 Å². The molecule has 0 radical (unpaired) electrons. The predicted molar refractivity (Wildman–Crippen MR) is 50.6 cm³/mol. The zero-order valence-corrected chi connectivity index (χ0v) is 8.27. The molecule has 5 heteroatoms. The number of nitrogens with zero attached hydrogens (tertiary/aromatic N) is 1. The van der Waals surface area contributed by atoms with Gasteiger partial charge in [0.1, 0.15) is 0 Å². The molecule has 0 aromatic carbocycles. The largest absolute Gasteiger partial charge is 0.481 e. The van der Waals surface area contributed by atoms with Crippen LogP contribution in [0.5, 0.6) is 0 Å². The van der Waals surface area contributed by atoms with Gasteiger partial charge < -0.3 is 15.7 Å². The van der Waals surface area contributed by atoms with E-state index in [0.717, 1.165) is 6.42 Å². The fourth-order valence-electron chi connectivity index (χ4n) is 1.67. The van der Waals surface area contributed by atoms with E-state index in [-0.39, 0.29) is 5.91 Å². The standard InChI is InChI=1S/C9H16N2O3/c1-6(10)8(12)11-4-2-3-7(5-11)9(13)14/h6-7H,2-5,10H2,1H3,(H,13,14)/t6?,7-/m1/s1. The van der Waals surface area contributed by atoms with Gasteiger partial charge in [-0.15, -0.1) is 0 Å². The topological polar surface area (TPSA) is 83.6 Å². The van der Waals surface area contributed by atoms with E-state index in [0.29, 0.717) is 19.5 Å². The molecule has 0 saturated carbocycles. The van der Waals surface area contributed by atoms with Crippen molar-refractivity contribution in [2.75, 3.05) is 13.1 Å². The Kier molecular flexibility index (Phi) is 3.46. The number of likely N-dealkylation sites (tertiary alicyclic amines) is 1. The maximum atomic E-state index is 11.5. The number of piperidine rings is 1. The first kappa shape index (κ1) is 11.0. The molecule has 1 amide bonds. The number of nitrogens with two attached hydrogens (primary N) is 1. The van der Waals surface area contributed by atoms with Gasteiger partial charge in [-0.05, 0) is 19.8 Å². The minimum absolute atomic E-state index is 0.157. The van der Waals surface area contributed by atoms with Crippen molar-refractivity contribution in [1.82, 2.24) is 4.90 Å². The molecule has 1 saturated heterocycles. The van der Waals surface area contributed by atoms with Crippen molar-refractivity contribution >= 4 is 11.9 Å². The van der Waals surface area contributed by atoms with Gasteiger partial charge in [-0.25, -0.2) is 0 Å². The number of carbonyl (C=O) groups is 2. The Hall–Kier alpha value is -1.10. The number of carbonyl (C=O) groups excluding carboxylic acids is 1. The lowest BCUT2D eigenvalue weighted by atomic mass is 9.98. The van der Waals surface area contributed by atoms with Crippen LogP contribution in [0.3, 0.4) is 0 Å². The molecule has 1 unspecified atom stereocenters. The summed E-state index contributed by atoms with van der Waals surface area (Å²) in [5.41, 5.74) is 5.45. The summed E-state index contributed by atoms with van der Waals surface area (Å²) in [6, 6.07) is -0.539. The fraction of sp³-hybridized carbons (Fsp3) is 0.778. The lowest BCUT2D eigenvalue weighted by Gasteiger charge is -2.31. The summed E-state index contributed by atoms with van der Waals surface area (Å²) in [4.78, 5) is 23.7. The zero-order chi connectivity index (χ0) is 10.7. The molecule has 3 N–H and O–H groups in total. The van der Waals surface area contributed by atoms with E-state index >= 15 is 0 Å².